The third kappa shape index (κ3) is 7.79. The lowest BCUT2D eigenvalue weighted by Gasteiger charge is -2.39. The van der Waals surface area contributed by atoms with Crippen LogP contribution in [0.3, 0.4) is 0 Å². The predicted molar refractivity (Wildman–Crippen MR) is 212 cm³/mol. The molecule has 16 nitrogen and oxygen atoms in total. The van der Waals surface area contributed by atoms with Crippen molar-refractivity contribution in [3.8, 4) is 80.0 Å². The quantitative estimate of drug-likeness (QED) is 0.117. The second-order valence-corrected chi connectivity index (χ2v) is 13.9. The zero-order valence-electron chi connectivity index (χ0n) is 32.9. The van der Waals surface area contributed by atoms with Crippen LogP contribution in [0.25, 0.3) is 39.5 Å². The molecule has 0 spiro atoms. The van der Waals surface area contributed by atoms with Crippen LogP contribution in [0, 0.1) is 0 Å². The second kappa shape index (κ2) is 16.8. The van der Waals surface area contributed by atoms with Gasteiger partial charge >= 0.3 is 12.1 Å². The Morgan fingerprint density at radius 1 is 0.845 bits per heavy atom. The lowest BCUT2D eigenvalue weighted by Crippen LogP contribution is -2.56. The van der Waals surface area contributed by atoms with E-state index < -0.39 is 12.3 Å². The van der Waals surface area contributed by atoms with Gasteiger partial charge in [-0.2, -0.15) is 0 Å². The van der Waals surface area contributed by atoms with Gasteiger partial charge < -0.3 is 43.5 Å². The van der Waals surface area contributed by atoms with Gasteiger partial charge in [0, 0.05) is 50.5 Å². The number of hydrogen-bond donors (Lipinski definition) is 3. The minimum atomic E-state index is -0.571. The number of methoxy groups -OCH3 is 4. The monoisotopic (exact) mass is 792 g/mol. The molecule has 1 fully saturated rings. The highest BCUT2D eigenvalue weighted by Gasteiger charge is 2.32. The second-order valence-electron chi connectivity index (χ2n) is 13.9. The first-order chi connectivity index (χ1) is 28.0. The summed E-state index contributed by atoms with van der Waals surface area (Å²) in [5.74, 6) is 2.15. The van der Waals surface area contributed by atoms with Gasteiger partial charge in [-0.1, -0.05) is 48.4 Å². The van der Waals surface area contributed by atoms with Gasteiger partial charge in [0.05, 0.1) is 38.8 Å². The number of phenolic OH excluding ortho intramolecular Hbond substituents is 2. The number of phenols is 2. The van der Waals surface area contributed by atoms with E-state index in [0.29, 0.717) is 88.4 Å². The number of carbonyl (C=O) groups is 1. The van der Waals surface area contributed by atoms with Crippen LogP contribution in [0.5, 0.6) is 40.5 Å². The van der Waals surface area contributed by atoms with Crippen LogP contribution in [0.4, 0.5) is 4.79 Å². The molecule has 1 saturated heterocycles. The summed E-state index contributed by atoms with van der Waals surface area (Å²) in [4.78, 5) is 17.3. The molecular weight excluding hydrogens is 748 g/mol. The van der Waals surface area contributed by atoms with Crippen molar-refractivity contribution in [3.63, 3.8) is 0 Å². The van der Waals surface area contributed by atoms with E-state index in [1.54, 1.807) is 54.6 Å². The zero-order chi connectivity index (χ0) is 41.1. The molecule has 58 heavy (non-hydrogen) atoms. The number of hydrogen-bond acceptors (Lipinski definition) is 14. The standard InChI is InChI=1S/C42H44N6O10/c1-24(2)30-19-31(34(50)20-33(30)49)40-44-45-41(51)48(40)28-12-10-25(11-13-28)22-46-14-15-47(37(23-46)55-5)42(52)57-29-9-7-8-26(16-29)32-21-43-58-38(32)27-17-35(53-3)39(56-6)36(18-27)54-4/h7-13,16-21,24,37,49-50H,14-15,22-23H2,1-6H3,(H,45,51). The molecule has 7 rings (SSSR count). The Morgan fingerprint density at radius 3 is 2.26 bits per heavy atom. The van der Waals surface area contributed by atoms with Gasteiger partial charge in [0.25, 0.3) is 0 Å². The molecule has 0 radical (unpaired) electrons. The molecule has 4 aromatic carbocycles. The number of amides is 1. The lowest BCUT2D eigenvalue weighted by molar-refractivity contribution is -0.0673. The van der Waals surface area contributed by atoms with Crippen molar-refractivity contribution in [2.45, 2.75) is 32.5 Å². The molecule has 1 amide bonds. The fourth-order valence-corrected chi connectivity index (χ4v) is 7.04. The van der Waals surface area contributed by atoms with Crippen molar-refractivity contribution in [2.75, 3.05) is 48.1 Å². The summed E-state index contributed by atoms with van der Waals surface area (Å²) < 4.78 is 35.2. The summed E-state index contributed by atoms with van der Waals surface area (Å²) in [6.45, 7) is 5.77. The summed E-state index contributed by atoms with van der Waals surface area (Å²) >= 11 is 0. The molecular formula is C42H44N6O10. The normalized spacial score (nSPS) is 14.5. The van der Waals surface area contributed by atoms with Crippen LogP contribution in [-0.4, -0.2) is 105 Å². The molecule has 1 aliphatic heterocycles. The first kappa shape index (κ1) is 39.5. The average molecular weight is 793 g/mol. The molecule has 0 bridgehead atoms. The Morgan fingerprint density at radius 2 is 1.59 bits per heavy atom. The van der Waals surface area contributed by atoms with Crippen molar-refractivity contribution in [3.05, 3.63) is 90.1 Å². The van der Waals surface area contributed by atoms with Gasteiger partial charge in [-0.05, 0) is 65.1 Å². The molecule has 6 aromatic rings. The third-order valence-corrected chi connectivity index (χ3v) is 10.0. The Balaban J connectivity index is 1.01. The van der Waals surface area contributed by atoms with Crippen LogP contribution >= 0.6 is 0 Å². The van der Waals surface area contributed by atoms with Gasteiger partial charge in [0.2, 0.25) is 5.75 Å². The van der Waals surface area contributed by atoms with Crippen molar-refractivity contribution < 1.29 is 48.3 Å². The summed E-state index contributed by atoms with van der Waals surface area (Å²) in [5.41, 5.74) is 4.54. The lowest BCUT2D eigenvalue weighted by atomic mass is 9.98. The van der Waals surface area contributed by atoms with Crippen molar-refractivity contribution in [2.24, 2.45) is 0 Å². The molecule has 1 aliphatic rings. The van der Waals surface area contributed by atoms with Crippen molar-refractivity contribution in [1.82, 2.24) is 29.7 Å². The SMILES string of the molecule is COc1cc(-c2oncc2-c2cccc(OC(=O)N3CCN(Cc4ccc(-n5c(O)nnc5-c5cc(C(C)C)c(O)cc5O)cc4)CC3OC)c2)cc(OC)c1OC. The Bertz CT molecular complexity index is 2390. The number of aromatic hydroxyl groups is 3. The Hall–Kier alpha value is -6.78. The first-order valence-corrected chi connectivity index (χ1v) is 18.4. The van der Waals surface area contributed by atoms with Gasteiger partial charge in [-0.25, -0.2) is 9.36 Å². The molecule has 3 N–H and O–H groups in total. The number of rotatable bonds is 12. The molecule has 302 valence electrons. The van der Waals surface area contributed by atoms with E-state index in [-0.39, 0.29) is 29.3 Å². The number of aromatic nitrogens is 4. The van der Waals surface area contributed by atoms with Crippen molar-refractivity contribution in [1.29, 1.82) is 0 Å². The maximum Gasteiger partial charge on any atom is 0.417 e. The number of carbonyl (C=O) groups excluding carboxylic acids is 1. The molecule has 16 heteroatoms. The van der Waals surface area contributed by atoms with Crippen LogP contribution in [0.2, 0.25) is 0 Å². The largest absolute Gasteiger partial charge is 0.508 e. The summed E-state index contributed by atoms with van der Waals surface area (Å²) in [7, 11) is 6.16. The van der Waals surface area contributed by atoms with E-state index in [9.17, 15) is 20.1 Å². The maximum absolute atomic E-state index is 13.6. The van der Waals surface area contributed by atoms with Crippen LogP contribution in [0.15, 0.2) is 83.5 Å². The summed E-state index contributed by atoms with van der Waals surface area (Å²) in [6, 6.07) is 20.7. The van der Waals surface area contributed by atoms with Gasteiger partial charge in [-0.3, -0.25) is 9.80 Å². The molecule has 1 unspecified atom stereocenters. The van der Waals surface area contributed by atoms with E-state index in [1.165, 1.54) is 32.0 Å². The van der Waals surface area contributed by atoms with E-state index in [2.05, 4.69) is 20.3 Å². The topological polar surface area (TPSA) is 187 Å². The van der Waals surface area contributed by atoms with Gasteiger partial charge in [-0.15, -0.1) is 5.10 Å². The van der Waals surface area contributed by atoms with Crippen LogP contribution in [-0.2, 0) is 11.3 Å². The molecule has 2 aromatic heterocycles. The van der Waals surface area contributed by atoms with E-state index in [0.717, 1.165) is 5.56 Å². The summed E-state index contributed by atoms with van der Waals surface area (Å²) in [5, 5.41) is 43.7. The maximum atomic E-state index is 13.6. The molecule has 0 aliphatic carbocycles. The minimum absolute atomic E-state index is 0.0187. The third-order valence-electron chi connectivity index (χ3n) is 10.0. The highest BCUT2D eigenvalue weighted by Crippen LogP contribution is 2.44. The number of piperazine rings is 1. The Labute approximate surface area is 334 Å². The highest BCUT2D eigenvalue weighted by molar-refractivity contribution is 5.82. The van der Waals surface area contributed by atoms with Crippen molar-refractivity contribution >= 4 is 6.09 Å². The highest BCUT2D eigenvalue weighted by atomic mass is 16.6. The summed E-state index contributed by atoms with van der Waals surface area (Å²) in [6.07, 6.45) is 0.473. The van der Waals surface area contributed by atoms with E-state index in [4.69, 9.17) is 28.2 Å². The predicted octanol–water partition coefficient (Wildman–Crippen LogP) is 6.81. The number of benzene rings is 4. The van der Waals surface area contributed by atoms with Crippen LogP contribution in [0.1, 0.15) is 30.9 Å². The fraction of sp³-hybridized carbons (Fsp3) is 0.286. The minimum Gasteiger partial charge on any atom is -0.508 e. The molecule has 3 heterocycles. The van der Waals surface area contributed by atoms with E-state index in [1.807, 2.05) is 44.2 Å². The first-order valence-electron chi connectivity index (χ1n) is 18.4. The number of nitrogens with zero attached hydrogens (tertiary/aromatic N) is 6. The fourth-order valence-electron chi connectivity index (χ4n) is 7.04. The van der Waals surface area contributed by atoms with Crippen LogP contribution < -0.4 is 18.9 Å². The Kier molecular flexibility index (Phi) is 11.4. The van der Waals surface area contributed by atoms with Gasteiger partial charge in [0.1, 0.15) is 23.5 Å². The van der Waals surface area contributed by atoms with Gasteiger partial charge in [0.15, 0.2) is 23.1 Å². The number of ether oxygens (including phenoxy) is 5. The molecule has 1 atom stereocenters. The van der Waals surface area contributed by atoms with E-state index >= 15 is 0 Å². The average Bonchev–Trinajstić information content (AvgIpc) is 3.87. The zero-order valence-corrected chi connectivity index (χ0v) is 32.9. The smallest absolute Gasteiger partial charge is 0.417 e. The molecule has 0 saturated carbocycles.